The fourth-order valence-corrected chi connectivity index (χ4v) is 1.24. The van der Waals surface area contributed by atoms with E-state index in [-0.39, 0.29) is 18.5 Å². The summed E-state index contributed by atoms with van der Waals surface area (Å²) in [6, 6.07) is 0.599. The van der Waals surface area contributed by atoms with Crippen molar-refractivity contribution in [2.75, 3.05) is 13.1 Å². The molecule has 1 rings (SSSR count). The molecular weight excluding hydrogens is 150 g/mol. The molecule has 62 valence electrons. The second kappa shape index (κ2) is 4.16. The topological polar surface area (TPSA) is 23.5 Å². The van der Waals surface area contributed by atoms with Crippen LogP contribution in [0.4, 0.5) is 0 Å². The van der Waals surface area contributed by atoms with E-state index >= 15 is 0 Å². The van der Waals surface area contributed by atoms with Crippen molar-refractivity contribution < 1.29 is 5.11 Å². The maximum absolute atomic E-state index is 9.11. The predicted molar refractivity (Wildman–Crippen MR) is 44.6 cm³/mol. The number of aliphatic hydroxyl groups excluding tert-OH is 1. The number of hydrogen-bond donors (Lipinski definition) is 1. The highest BCUT2D eigenvalue weighted by Gasteiger charge is 2.21. The minimum absolute atomic E-state index is 0. The van der Waals surface area contributed by atoms with Gasteiger partial charge in [-0.15, -0.1) is 12.4 Å². The lowest BCUT2D eigenvalue weighted by molar-refractivity contribution is 0.166. The summed E-state index contributed by atoms with van der Waals surface area (Å²) in [4.78, 5) is 2.30. The van der Waals surface area contributed by atoms with Crippen molar-refractivity contribution in [2.45, 2.75) is 32.4 Å². The normalized spacial score (nSPS) is 27.0. The Bertz CT molecular complexity index is 97.6. The van der Waals surface area contributed by atoms with E-state index in [1.54, 1.807) is 0 Å². The van der Waals surface area contributed by atoms with E-state index in [0.717, 1.165) is 19.5 Å². The third-order valence-electron chi connectivity index (χ3n) is 1.93. The quantitative estimate of drug-likeness (QED) is 0.624. The summed E-state index contributed by atoms with van der Waals surface area (Å²) in [5.74, 6) is 0. The third kappa shape index (κ3) is 2.45. The summed E-state index contributed by atoms with van der Waals surface area (Å²) in [6.07, 6.45) is 0.894. The Balaban J connectivity index is 0.000000810. The van der Waals surface area contributed by atoms with Crippen molar-refractivity contribution >= 4 is 12.4 Å². The molecule has 1 heterocycles. The molecule has 0 saturated carbocycles. The molecule has 0 radical (unpaired) electrons. The highest BCUT2D eigenvalue weighted by atomic mass is 35.5. The van der Waals surface area contributed by atoms with E-state index in [2.05, 4.69) is 18.7 Å². The molecule has 1 atom stereocenters. The molecule has 0 aromatic carbocycles. The molecule has 0 spiro atoms. The molecule has 10 heavy (non-hydrogen) atoms. The van der Waals surface area contributed by atoms with Crippen LogP contribution in [0.15, 0.2) is 0 Å². The van der Waals surface area contributed by atoms with Crippen molar-refractivity contribution in [1.29, 1.82) is 0 Å². The van der Waals surface area contributed by atoms with Gasteiger partial charge >= 0.3 is 0 Å². The summed E-state index contributed by atoms with van der Waals surface area (Å²) in [5.41, 5.74) is 0. The molecule has 2 nitrogen and oxygen atoms in total. The lowest BCUT2D eigenvalue weighted by Gasteiger charge is -2.18. The number of halogens is 1. The van der Waals surface area contributed by atoms with Crippen LogP contribution in [0.25, 0.3) is 0 Å². The zero-order valence-electron chi connectivity index (χ0n) is 6.58. The van der Waals surface area contributed by atoms with E-state index < -0.39 is 0 Å². The Morgan fingerprint density at radius 3 is 2.30 bits per heavy atom. The van der Waals surface area contributed by atoms with Gasteiger partial charge in [0.05, 0.1) is 6.10 Å². The fraction of sp³-hybridized carbons (Fsp3) is 1.00. The first-order chi connectivity index (χ1) is 4.20. The van der Waals surface area contributed by atoms with Gasteiger partial charge in [0.25, 0.3) is 0 Å². The molecule has 0 amide bonds. The lowest BCUT2D eigenvalue weighted by atomic mass is 10.3. The van der Waals surface area contributed by atoms with Gasteiger partial charge in [-0.1, -0.05) is 0 Å². The van der Waals surface area contributed by atoms with Crippen LogP contribution in [0.3, 0.4) is 0 Å². The fourth-order valence-electron chi connectivity index (χ4n) is 1.24. The molecule has 1 saturated heterocycles. The number of likely N-dealkylation sites (tertiary alicyclic amines) is 1. The second-order valence-corrected chi connectivity index (χ2v) is 3.03. The Morgan fingerprint density at radius 2 is 2.10 bits per heavy atom. The van der Waals surface area contributed by atoms with E-state index in [0.29, 0.717) is 6.04 Å². The van der Waals surface area contributed by atoms with E-state index in [9.17, 15) is 0 Å². The standard InChI is InChI=1S/C7H15NO.ClH/c1-6(2)8-4-3-7(9)5-8;/h6-7,9H,3-5H2,1-2H3;1H/t7-;/m1./s1. The second-order valence-electron chi connectivity index (χ2n) is 3.03. The average Bonchev–Trinajstić information content (AvgIpc) is 2.14. The van der Waals surface area contributed by atoms with Gasteiger partial charge < -0.3 is 5.11 Å². The summed E-state index contributed by atoms with van der Waals surface area (Å²) >= 11 is 0. The molecule has 0 bridgehead atoms. The zero-order valence-corrected chi connectivity index (χ0v) is 7.40. The SMILES string of the molecule is CC(C)N1CC[C@@H](O)C1.Cl. The molecule has 0 aromatic rings. The molecule has 3 heteroatoms. The van der Waals surface area contributed by atoms with Gasteiger partial charge in [-0.2, -0.15) is 0 Å². The van der Waals surface area contributed by atoms with E-state index in [1.807, 2.05) is 0 Å². The Kier molecular flexibility index (Phi) is 4.25. The minimum atomic E-state index is -0.0626. The number of nitrogens with zero attached hydrogens (tertiary/aromatic N) is 1. The molecule has 0 unspecified atom stereocenters. The number of aliphatic hydroxyl groups is 1. The molecule has 0 aliphatic carbocycles. The van der Waals surface area contributed by atoms with Crippen LogP contribution >= 0.6 is 12.4 Å². The van der Waals surface area contributed by atoms with Gasteiger partial charge in [-0.3, -0.25) is 4.90 Å². The van der Waals surface area contributed by atoms with Crippen molar-refractivity contribution in [3.05, 3.63) is 0 Å². The average molecular weight is 166 g/mol. The van der Waals surface area contributed by atoms with Crippen LogP contribution < -0.4 is 0 Å². The van der Waals surface area contributed by atoms with Crippen LogP contribution in [0, 0.1) is 0 Å². The lowest BCUT2D eigenvalue weighted by Crippen LogP contribution is -2.28. The third-order valence-corrected chi connectivity index (χ3v) is 1.93. The predicted octanol–water partition coefficient (Wildman–Crippen LogP) is 0.883. The van der Waals surface area contributed by atoms with E-state index in [1.165, 1.54) is 0 Å². The summed E-state index contributed by atoms with van der Waals surface area (Å²) in [7, 11) is 0. The van der Waals surface area contributed by atoms with Crippen LogP contribution in [0.2, 0.25) is 0 Å². The molecule has 1 N–H and O–H groups in total. The molecule has 0 aromatic heterocycles. The Hall–Kier alpha value is 0.210. The van der Waals surface area contributed by atoms with Crippen LogP contribution in [0.1, 0.15) is 20.3 Å². The van der Waals surface area contributed by atoms with Gasteiger partial charge in [0, 0.05) is 19.1 Å². The highest BCUT2D eigenvalue weighted by molar-refractivity contribution is 5.85. The first-order valence-corrected chi connectivity index (χ1v) is 3.62. The first-order valence-electron chi connectivity index (χ1n) is 3.62. The number of hydrogen-bond acceptors (Lipinski definition) is 2. The van der Waals surface area contributed by atoms with Crippen LogP contribution in [-0.4, -0.2) is 35.2 Å². The minimum Gasteiger partial charge on any atom is -0.392 e. The van der Waals surface area contributed by atoms with Crippen molar-refractivity contribution in [2.24, 2.45) is 0 Å². The van der Waals surface area contributed by atoms with Crippen LogP contribution in [0.5, 0.6) is 0 Å². The van der Waals surface area contributed by atoms with Gasteiger partial charge in [0.2, 0.25) is 0 Å². The monoisotopic (exact) mass is 165 g/mol. The zero-order chi connectivity index (χ0) is 6.85. The molecule has 1 aliphatic heterocycles. The maximum atomic E-state index is 9.11. The smallest absolute Gasteiger partial charge is 0.0679 e. The van der Waals surface area contributed by atoms with Gasteiger partial charge in [-0.05, 0) is 20.3 Å². The maximum Gasteiger partial charge on any atom is 0.0679 e. The summed E-state index contributed by atoms with van der Waals surface area (Å²) in [6.45, 7) is 6.27. The Morgan fingerprint density at radius 1 is 1.50 bits per heavy atom. The molecule has 1 fully saturated rings. The Labute approximate surface area is 68.6 Å². The summed E-state index contributed by atoms with van der Waals surface area (Å²) in [5, 5.41) is 9.11. The van der Waals surface area contributed by atoms with Crippen molar-refractivity contribution in [3.8, 4) is 0 Å². The van der Waals surface area contributed by atoms with Gasteiger partial charge in [-0.25, -0.2) is 0 Å². The van der Waals surface area contributed by atoms with Gasteiger partial charge in [0.1, 0.15) is 0 Å². The molecular formula is C7H16ClNO. The van der Waals surface area contributed by atoms with Crippen molar-refractivity contribution in [3.63, 3.8) is 0 Å². The van der Waals surface area contributed by atoms with E-state index in [4.69, 9.17) is 5.11 Å². The van der Waals surface area contributed by atoms with Crippen LogP contribution in [-0.2, 0) is 0 Å². The largest absolute Gasteiger partial charge is 0.392 e. The summed E-state index contributed by atoms with van der Waals surface area (Å²) < 4.78 is 0. The molecule has 1 aliphatic rings. The van der Waals surface area contributed by atoms with Gasteiger partial charge in [0.15, 0.2) is 0 Å². The van der Waals surface area contributed by atoms with Crippen molar-refractivity contribution in [1.82, 2.24) is 4.90 Å². The highest BCUT2D eigenvalue weighted by Crippen LogP contribution is 2.11. The number of β-amino-alcohol motifs (C(OH)–C–C–N with tert-alkyl or cyclic N) is 1. The first kappa shape index (κ1) is 10.2. The number of rotatable bonds is 1.